The molecule has 0 aliphatic carbocycles. The quantitative estimate of drug-likeness (QED) is 0.510. The molecule has 2 saturated heterocycles. The van der Waals surface area contributed by atoms with Gasteiger partial charge >= 0.3 is 0 Å². The summed E-state index contributed by atoms with van der Waals surface area (Å²) in [5.41, 5.74) is 1.22. The topological polar surface area (TPSA) is 115 Å². The molecule has 1 aromatic heterocycles. The molecule has 0 radical (unpaired) electrons. The molecule has 9 nitrogen and oxygen atoms in total. The molecule has 1 amide bonds. The van der Waals surface area contributed by atoms with Gasteiger partial charge in [0.2, 0.25) is 0 Å². The molecule has 188 valence electrons. The Morgan fingerprint density at radius 2 is 2.03 bits per heavy atom. The van der Waals surface area contributed by atoms with Crippen molar-refractivity contribution in [3.05, 3.63) is 82.4 Å². The number of carbonyl (C=O) groups excluding carboxylic acids is 1. The number of fused-ring (bicyclic) bond motifs is 1. The maximum absolute atomic E-state index is 13.1. The van der Waals surface area contributed by atoms with Crippen LogP contribution in [0.5, 0.6) is 0 Å². The Morgan fingerprint density at radius 1 is 1.22 bits per heavy atom. The number of nitrogens with zero attached hydrogens (tertiary/aromatic N) is 2. The Kier molecular flexibility index (Phi) is 5.74. The van der Waals surface area contributed by atoms with Crippen LogP contribution in [0.2, 0.25) is 0 Å². The van der Waals surface area contributed by atoms with Gasteiger partial charge in [0.15, 0.2) is 0 Å². The van der Waals surface area contributed by atoms with E-state index in [0.29, 0.717) is 24.7 Å². The zero-order valence-corrected chi connectivity index (χ0v) is 20.5. The number of piperidine rings is 1. The summed E-state index contributed by atoms with van der Waals surface area (Å²) in [6.45, 7) is 3.54. The van der Waals surface area contributed by atoms with Crippen molar-refractivity contribution in [2.24, 2.45) is 5.92 Å². The number of benzene rings is 1. The van der Waals surface area contributed by atoms with Gasteiger partial charge < -0.3 is 20.0 Å². The fraction of sp³-hybridized carbons (Fsp3) is 0.346. The molecule has 0 spiro atoms. The summed E-state index contributed by atoms with van der Waals surface area (Å²) in [6, 6.07) is 9.88. The molecule has 3 N–H and O–H groups in total. The smallest absolute Gasteiger partial charge is 0.297 e. The van der Waals surface area contributed by atoms with E-state index < -0.39 is 16.0 Å². The molecule has 4 aliphatic heterocycles. The van der Waals surface area contributed by atoms with Crippen LogP contribution >= 0.6 is 0 Å². The van der Waals surface area contributed by atoms with Crippen molar-refractivity contribution in [1.82, 2.24) is 20.4 Å². The minimum Gasteiger partial charge on any atom is -0.460 e. The average molecular weight is 509 g/mol. The van der Waals surface area contributed by atoms with Crippen LogP contribution in [-0.2, 0) is 21.5 Å². The van der Waals surface area contributed by atoms with Crippen molar-refractivity contribution in [2.45, 2.75) is 25.4 Å². The number of para-hydroxylation sites is 1. The Bertz CT molecular complexity index is 1410. The van der Waals surface area contributed by atoms with E-state index in [4.69, 9.17) is 4.42 Å². The predicted molar refractivity (Wildman–Crippen MR) is 135 cm³/mol. The van der Waals surface area contributed by atoms with E-state index in [2.05, 4.69) is 21.6 Å². The third-order valence-electron chi connectivity index (χ3n) is 7.30. The van der Waals surface area contributed by atoms with Crippen LogP contribution < -0.4 is 10.6 Å². The summed E-state index contributed by atoms with van der Waals surface area (Å²) < 4.78 is 40.5. The number of likely N-dealkylation sites (tertiary alicyclic amines) is 1. The molecule has 1 atom stereocenters. The zero-order valence-electron chi connectivity index (χ0n) is 19.7. The number of carbonyl (C=O) groups is 1. The number of amides is 1. The van der Waals surface area contributed by atoms with Crippen molar-refractivity contribution in [2.75, 3.05) is 26.2 Å². The second-order valence-electron chi connectivity index (χ2n) is 9.68. The van der Waals surface area contributed by atoms with E-state index >= 15 is 0 Å². The first kappa shape index (κ1) is 23.1. The molecule has 2 aromatic rings. The number of hydrogen-bond donors (Lipinski definition) is 3. The van der Waals surface area contributed by atoms with E-state index in [1.165, 1.54) is 0 Å². The SMILES string of the molecule is O=C(NCC1CCN(Cc2cc3ccccc3o2)CC1)C1=CC2CNC3=CC=CC(=C1S(=O)(=O)O)N32. The third-order valence-corrected chi connectivity index (χ3v) is 8.25. The van der Waals surface area contributed by atoms with Gasteiger partial charge in [-0.3, -0.25) is 14.2 Å². The van der Waals surface area contributed by atoms with Gasteiger partial charge in [-0.05, 0) is 62.2 Å². The lowest BCUT2D eigenvalue weighted by Gasteiger charge is -2.34. The maximum atomic E-state index is 13.1. The van der Waals surface area contributed by atoms with Crippen LogP contribution in [0.3, 0.4) is 0 Å². The van der Waals surface area contributed by atoms with E-state index in [0.717, 1.165) is 55.0 Å². The highest BCUT2D eigenvalue weighted by molar-refractivity contribution is 7.90. The summed E-state index contributed by atoms with van der Waals surface area (Å²) in [5.74, 6) is 1.52. The molecule has 0 saturated carbocycles. The highest BCUT2D eigenvalue weighted by Crippen LogP contribution is 2.37. The first-order valence-corrected chi connectivity index (χ1v) is 13.6. The Balaban J connectivity index is 1.08. The van der Waals surface area contributed by atoms with E-state index in [1.54, 1.807) is 23.1 Å². The van der Waals surface area contributed by atoms with Crippen LogP contribution in [0.4, 0.5) is 0 Å². The molecule has 5 heterocycles. The van der Waals surface area contributed by atoms with Crippen molar-refractivity contribution >= 4 is 27.0 Å². The van der Waals surface area contributed by atoms with Gasteiger partial charge in [-0.2, -0.15) is 8.42 Å². The van der Waals surface area contributed by atoms with Crippen LogP contribution in [0.1, 0.15) is 18.6 Å². The van der Waals surface area contributed by atoms with Gasteiger partial charge in [-0.1, -0.05) is 24.3 Å². The lowest BCUT2D eigenvalue weighted by atomic mass is 9.96. The van der Waals surface area contributed by atoms with Crippen LogP contribution in [0, 0.1) is 5.92 Å². The number of rotatable bonds is 6. The maximum Gasteiger partial charge on any atom is 0.297 e. The fourth-order valence-electron chi connectivity index (χ4n) is 5.51. The summed E-state index contributed by atoms with van der Waals surface area (Å²) in [4.78, 5) is 17.0. The molecular formula is C26H28N4O5S. The molecule has 6 rings (SSSR count). The number of allylic oxidation sites excluding steroid dienone is 3. The molecule has 0 bridgehead atoms. The number of nitrogens with one attached hydrogen (secondary N) is 2. The van der Waals surface area contributed by atoms with Gasteiger partial charge in [-0.15, -0.1) is 0 Å². The number of hydrogen-bond acceptors (Lipinski definition) is 7. The molecular weight excluding hydrogens is 480 g/mol. The van der Waals surface area contributed by atoms with Gasteiger partial charge in [0, 0.05) is 18.5 Å². The molecule has 36 heavy (non-hydrogen) atoms. The lowest BCUT2D eigenvalue weighted by Crippen LogP contribution is -2.41. The molecule has 2 fully saturated rings. The van der Waals surface area contributed by atoms with Crippen molar-refractivity contribution in [3.63, 3.8) is 0 Å². The molecule has 10 heteroatoms. The lowest BCUT2D eigenvalue weighted by molar-refractivity contribution is -0.117. The minimum absolute atomic E-state index is 0.00525. The monoisotopic (exact) mass is 508 g/mol. The summed E-state index contributed by atoms with van der Waals surface area (Å²) in [7, 11) is -4.61. The van der Waals surface area contributed by atoms with E-state index in [9.17, 15) is 17.8 Å². The van der Waals surface area contributed by atoms with E-state index in [-0.39, 0.29) is 16.5 Å². The predicted octanol–water partition coefficient (Wildman–Crippen LogP) is 2.49. The Hall–Kier alpha value is -3.34. The Labute approximate surface area is 209 Å². The van der Waals surface area contributed by atoms with Gasteiger partial charge in [0.25, 0.3) is 16.0 Å². The van der Waals surface area contributed by atoms with Crippen LogP contribution in [-0.4, -0.2) is 60.9 Å². The molecule has 1 unspecified atom stereocenters. The number of furan rings is 1. The highest BCUT2D eigenvalue weighted by Gasteiger charge is 2.41. The minimum atomic E-state index is -4.61. The first-order valence-electron chi connectivity index (χ1n) is 12.2. The van der Waals surface area contributed by atoms with Crippen LogP contribution in [0.25, 0.3) is 11.0 Å². The van der Waals surface area contributed by atoms with Gasteiger partial charge in [0.05, 0.1) is 23.9 Å². The normalized spacial score (nSPS) is 22.4. The largest absolute Gasteiger partial charge is 0.460 e. The zero-order chi connectivity index (χ0) is 24.9. The fourth-order valence-corrected chi connectivity index (χ4v) is 6.38. The molecule has 4 aliphatic rings. The van der Waals surface area contributed by atoms with Crippen molar-refractivity contribution in [3.8, 4) is 0 Å². The second-order valence-corrected chi connectivity index (χ2v) is 11.0. The van der Waals surface area contributed by atoms with E-state index in [1.807, 2.05) is 30.3 Å². The Morgan fingerprint density at radius 3 is 2.81 bits per heavy atom. The third kappa shape index (κ3) is 4.25. The summed E-state index contributed by atoms with van der Waals surface area (Å²) >= 11 is 0. The van der Waals surface area contributed by atoms with Crippen molar-refractivity contribution in [1.29, 1.82) is 0 Å². The highest BCUT2D eigenvalue weighted by atomic mass is 32.2. The van der Waals surface area contributed by atoms with Crippen molar-refractivity contribution < 1.29 is 22.2 Å². The summed E-state index contributed by atoms with van der Waals surface area (Å²) in [6.07, 6.45) is 8.63. The standard InChI is InChI=1S/C26H28N4O5S/c31-26(21-13-19-15-27-24-7-3-5-22(30(19)24)25(21)36(32,33)34)28-14-17-8-10-29(11-9-17)16-20-12-18-4-1-2-6-23(18)35-20/h1-7,12-13,17,19,27H,8-11,14-16H2,(H,28,31)(H,32,33,34). The van der Waals surface area contributed by atoms with Crippen LogP contribution in [0.15, 0.2) is 81.0 Å². The summed E-state index contributed by atoms with van der Waals surface area (Å²) in [5, 5.41) is 7.25. The average Bonchev–Trinajstić information content (AvgIpc) is 3.47. The second kappa shape index (κ2) is 8.95. The van der Waals surface area contributed by atoms with Gasteiger partial charge in [0.1, 0.15) is 22.1 Å². The molecule has 1 aromatic carbocycles. The first-order chi connectivity index (χ1) is 17.4. The van der Waals surface area contributed by atoms with Gasteiger partial charge in [-0.25, -0.2) is 0 Å².